The zero-order valence-corrected chi connectivity index (χ0v) is 21.7. The molecule has 1 fully saturated rings. The maximum atomic E-state index is 13.0. The number of hydrogen-bond donors (Lipinski definition) is 0. The number of hydrogen-bond acceptors (Lipinski definition) is 6. The number of carbonyl (C=O) groups is 3. The summed E-state index contributed by atoms with van der Waals surface area (Å²) < 4.78 is 12.0. The van der Waals surface area contributed by atoms with Gasteiger partial charge in [0.2, 0.25) is 5.91 Å². The summed E-state index contributed by atoms with van der Waals surface area (Å²) in [7, 11) is 0. The Morgan fingerprint density at radius 3 is 2.71 bits per heavy atom. The molecule has 0 bridgehead atoms. The minimum atomic E-state index is -0.480. The van der Waals surface area contributed by atoms with Crippen LogP contribution in [-0.2, 0) is 22.6 Å². The number of carbonyl (C=O) groups excluding carboxylic acids is 3. The maximum absolute atomic E-state index is 13.0. The minimum Gasteiger partial charge on any atom is -0.490 e. The molecule has 35 heavy (non-hydrogen) atoms. The first-order chi connectivity index (χ1) is 16.9. The zero-order chi connectivity index (χ0) is 24.9. The van der Waals surface area contributed by atoms with Gasteiger partial charge < -0.3 is 14.4 Å². The third-order valence-electron chi connectivity index (χ3n) is 5.63. The van der Waals surface area contributed by atoms with Crippen LogP contribution in [-0.4, -0.2) is 53.2 Å². The van der Waals surface area contributed by atoms with Crippen LogP contribution >= 0.6 is 27.7 Å². The van der Waals surface area contributed by atoms with Gasteiger partial charge in [0.1, 0.15) is 13.2 Å². The molecule has 0 aromatic heterocycles. The third-order valence-corrected chi connectivity index (χ3v) is 7.12. The molecule has 9 heteroatoms. The summed E-state index contributed by atoms with van der Waals surface area (Å²) >= 11 is 4.31. The molecule has 0 spiro atoms. The summed E-state index contributed by atoms with van der Waals surface area (Å²) in [6, 6.07) is 11.5. The summed E-state index contributed by atoms with van der Waals surface area (Å²) in [6.45, 7) is 7.04. The lowest BCUT2D eigenvalue weighted by Gasteiger charge is -2.29. The van der Waals surface area contributed by atoms with Gasteiger partial charge in [0.25, 0.3) is 11.1 Å². The van der Waals surface area contributed by atoms with E-state index in [1.165, 1.54) is 5.56 Å². The number of fused-ring (bicyclic) bond motifs is 1. The normalized spacial score (nSPS) is 16.5. The van der Waals surface area contributed by atoms with Crippen LogP contribution in [0.1, 0.15) is 23.6 Å². The van der Waals surface area contributed by atoms with Crippen molar-refractivity contribution in [1.29, 1.82) is 0 Å². The number of benzene rings is 2. The van der Waals surface area contributed by atoms with Crippen molar-refractivity contribution in [3.63, 3.8) is 0 Å². The molecule has 2 aliphatic rings. The molecule has 3 amide bonds. The molecule has 7 nitrogen and oxygen atoms in total. The number of rotatable bonds is 8. The lowest BCUT2D eigenvalue weighted by molar-refractivity contribution is -0.136. The predicted octanol–water partition coefficient (Wildman–Crippen LogP) is 5.03. The fourth-order valence-electron chi connectivity index (χ4n) is 3.95. The molecular formula is C26H25BrN2O5S. The summed E-state index contributed by atoms with van der Waals surface area (Å²) in [6.07, 6.45) is 4.01. The van der Waals surface area contributed by atoms with Crippen molar-refractivity contribution in [2.45, 2.75) is 19.9 Å². The summed E-state index contributed by atoms with van der Waals surface area (Å²) in [4.78, 5) is 41.5. The number of thioether (sulfide) groups is 1. The number of imide groups is 1. The molecular weight excluding hydrogens is 532 g/mol. The molecule has 1 saturated heterocycles. The topological polar surface area (TPSA) is 76.2 Å². The van der Waals surface area contributed by atoms with Crippen molar-refractivity contribution in [1.82, 2.24) is 9.80 Å². The second kappa shape index (κ2) is 11.1. The summed E-state index contributed by atoms with van der Waals surface area (Å²) in [5, 5.41) is -0.456. The van der Waals surface area contributed by atoms with Gasteiger partial charge in [-0.15, -0.1) is 0 Å². The minimum absolute atomic E-state index is 0.242. The van der Waals surface area contributed by atoms with E-state index >= 15 is 0 Å². The van der Waals surface area contributed by atoms with E-state index in [1.807, 2.05) is 25.1 Å². The molecule has 2 aliphatic heterocycles. The Balaban J connectivity index is 1.49. The zero-order valence-electron chi connectivity index (χ0n) is 19.3. The Morgan fingerprint density at radius 2 is 1.97 bits per heavy atom. The van der Waals surface area contributed by atoms with E-state index in [4.69, 9.17) is 9.47 Å². The first kappa shape index (κ1) is 25.1. The van der Waals surface area contributed by atoms with Crippen LogP contribution in [0, 0.1) is 0 Å². The van der Waals surface area contributed by atoms with Crippen molar-refractivity contribution in [2.24, 2.45) is 0 Å². The standard InChI is InChI=1S/C26H25BrN2O5S/c1-3-11-34-24-20(27)12-17(13-21(24)33-4-2)14-22-25(31)29(26(32)35-22)16-23(30)28-10-9-18-7-5-6-8-19(18)15-28/h3,5-8,12-14H,1,4,9-11,15-16H2,2H3/b22-14+. The van der Waals surface area contributed by atoms with Crippen molar-refractivity contribution >= 4 is 50.8 Å². The Hall–Kier alpha value is -3.04. The fraction of sp³-hybridized carbons (Fsp3) is 0.269. The van der Waals surface area contributed by atoms with Crippen LogP contribution in [0.3, 0.4) is 0 Å². The van der Waals surface area contributed by atoms with Crippen LogP contribution in [0.25, 0.3) is 6.08 Å². The molecule has 2 aromatic carbocycles. The van der Waals surface area contributed by atoms with Gasteiger partial charge >= 0.3 is 0 Å². The van der Waals surface area contributed by atoms with E-state index in [0.717, 1.165) is 28.6 Å². The van der Waals surface area contributed by atoms with Crippen LogP contribution < -0.4 is 9.47 Å². The second-order valence-electron chi connectivity index (χ2n) is 7.96. The van der Waals surface area contributed by atoms with Gasteiger partial charge in [0.05, 0.1) is 16.0 Å². The first-order valence-electron chi connectivity index (χ1n) is 11.2. The van der Waals surface area contributed by atoms with Crippen molar-refractivity contribution in [3.05, 3.63) is 75.1 Å². The smallest absolute Gasteiger partial charge is 0.294 e. The Morgan fingerprint density at radius 1 is 1.20 bits per heavy atom. The van der Waals surface area contributed by atoms with Crippen LogP contribution in [0.2, 0.25) is 0 Å². The second-order valence-corrected chi connectivity index (χ2v) is 9.81. The molecule has 0 unspecified atom stereocenters. The highest BCUT2D eigenvalue weighted by Gasteiger charge is 2.37. The number of amides is 3. The lowest BCUT2D eigenvalue weighted by Crippen LogP contribution is -2.44. The van der Waals surface area contributed by atoms with Crippen molar-refractivity contribution < 1.29 is 23.9 Å². The first-order valence-corrected chi connectivity index (χ1v) is 12.8. The van der Waals surface area contributed by atoms with E-state index in [-0.39, 0.29) is 17.4 Å². The van der Waals surface area contributed by atoms with Gasteiger partial charge in [-0.05, 0) is 75.9 Å². The molecule has 0 N–H and O–H groups in total. The lowest BCUT2D eigenvalue weighted by atomic mass is 10.00. The van der Waals surface area contributed by atoms with Gasteiger partial charge in [0, 0.05) is 13.1 Å². The SMILES string of the molecule is C=CCOc1c(Br)cc(/C=C2/SC(=O)N(CC(=O)N3CCc4ccccc4C3)C2=O)cc1OCC. The van der Waals surface area contributed by atoms with Gasteiger partial charge in [-0.3, -0.25) is 19.3 Å². The summed E-state index contributed by atoms with van der Waals surface area (Å²) in [5.74, 6) is 0.320. The number of halogens is 1. The Bertz CT molecular complexity index is 1210. The number of ether oxygens (including phenoxy) is 2. The van der Waals surface area contributed by atoms with E-state index in [1.54, 1.807) is 29.2 Å². The Kier molecular flexibility index (Phi) is 7.97. The quantitative estimate of drug-likeness (QED) is 0.335. The fourth-order valence-corrected chi connectivity index (χ4v) is 5.36. The van der Waals surface area contributed by atoms with E-state index < -0.39 is 11.1 Å². The molecule has 0 saturated carbocycles. The summed E-state index contributed by atoms with van der Waals surface area (Å²) in [5.41, 5.74) is 2.98. The predicted molar refractivity (Wildman–Crippen MR) is 139 cm³/mol. The third kappa shape index (κ3) is 5.62. The van der Waals surface area contributed by atoms with Gasteiger partial charge in [0.15, 0.2) is 11.5 Å². The van der Waals surface area contributed by atoms with Gasteiger partial charge in [-0.1, -0.05) is 36.9 Å². The maximum Gasteiger partial charge on any atom is 0.294 e. The molecule has 0 radical (unpaired) electrons. The molecule has 182 valence electrons. The van der Waals surface area contributed by atoms with E-state index in [2.05, 4.69) is 28.6 Å². The average Bonchev–Trinajstić information content (AvgIpc) is 3.10. The Labute approximate surface area is 216 Å². The molecule has 2 heterocycles. The van der Waals surface area contributed by atoms with Crippen LogP contribution in [0.15, 0.2) is 58.4 Å². The monoisotopic (exact) mass is 556 g/mol. The van der Waals surface area contributed by atoms with Crippen molar-refractivity contribution in [2.75, 3.05) is 26.3 Å². The van der Waals surface area contributed by atoms with E-state index in [0.29, 0.717) is 47.8 Å². The van der Waals surface area contributed by atoms with Crippen LogP contribution in [0.4, 0.5) is 4.79 Å². The largest absolute Gasteiger partial charge is 0.490 e. The highest BCUT2D eigenvalue weighted by Crippen LogP contribution is 2.39. The molecule has 2 aromatic rings. The van der Waals surface area contributed by atoms with E-state index in [9.17, 15) is 14.4 Å². The molecule has 4 rings (SSSR count). The van der Waals surface area contributed by atoms with Crippen molar-refractivity contribution in [3.8, 4) is 11.5 Å². The molecule has 0 aliphatic carbocycles. The number of nitrogens with zero attached hydrogens (tertiary/aromatic N) is 2. The average molecular weight is 557 g/mol. The molecule has 0 atom stereocenters. The van der Waals surface area contributed by atoms with Gasteiger partial charge in [-0.25, -0.2) is 0 Å². The van der Waals surface area contributed by atoms with Crippen LogP contribution in [0.5, 0.6) is 11.5 Å². The highest BCUT2D eigenvalue weighted by molar-refractivity contribution is 9.10. The highest BCUT2D eigenvalue weighted by atomic mass is 79.9. The van der Waals surface area contributed by atoms with Gasteiger partial charge in [-0.2, -0.15) is 0 Å².